The lowest BCUT2D eigenvalue weighted by Crippen LogP contribution is -2.24. The number of carbonyl (C=O) groups is 1. The molecule has 0 heterocycles. The van der Waals surface area contributed by atoms with Gasteiger partial charge in [-0.3, -0.25) is 4.79 Å². The number of rotatable bonds is 0. The van der Waals surface area contributed by atoms with Gasteiger partial charge in [0.25, 0.3) is 0 Å². The lowest BCUT2D eigenvalue weighted by Gasteiger charge is -2.14. The molecule has 0 aromatic carbocycles. The molecule has 0 N–H and O–H groups in total. The van der Waals surface area contributed by atoms with Gasteiger partial charge in [0, 0.05) is 0 Å². The van der Waals surface area contributed by atoms with E-state index in [1.54, 1.807) is 0 Å². The maximum atomic E-state index is 11.7. The fourth-order valence-electron chi connectivity index (χ4n) is 2.01. The molecule has 1 fully saturated rings. The van der Waals surface area contributed by atoms with Crippen LogP contribution < -0.4 is 0 Å². The summed E-state index contributed by atoms with van der Waals surface area (Å²) in [5.41, 5.74) is 0. The highest BCUT2D eigenvalue weighted by atomic mass is 35.5. The van der Waals surface area contributed by atoms with Gasteiger partial charge >= 0.3 is 0 Å². The van der Waals surface area contributed by atoms with E-state index in [0.717, 1.165) is 25.7 Å². The Labute approximate surface area is 103 Å². The summed E-state index contributed by atoms with van der Waals surface area (Å²) < 4.78 is 0. The quantitative estimate of drug-likeness (QED) is 0.587. The van der Waals surface area contributed by atoms with Crippen LogP contribution in [0.25, 0.3) is 0 Å². The van der Waals surface area contributed by atoms with Crippen molar-refractivity contribution in [2.24, 2.45) is 0 Å². The maximum Gasteiger partial charge on any atom is 0.168 e. The fraction of sp³-hybridized carbons (Fsp3) is 0.917. The second-order valence-electron chi connectivity index (χ2n) is 4.39. The molecule has 15 heavy (non-hydrogen) atoms. The van der Waals surface area contributed by atoms with E-state index in [1.807, 2.05) is 0 Å². The molecule has 1 aliphatic carbocycles. The second-order valence-corrected chi connectivity index (χ2v) is 5.44. The van der Waals surface area contributed by atoms with Crippen LogP contribution in [0.4, 0.5) is 0 Å². The van der Waals surface area contributed by atoms with Crippen LogP contribution >= 0.6 is 23.2 Å². The van der Waals surface area contributed by atoms with Gasteiger partial charge in [-0.1, -0.05) is 44.9 Å². The summed E-state index contributed by atoms with van der Waals surface area (Å²) in [6, 6.07) is 0. The van der Waals surface area contributed by atoms with Crippen LogP contribution in [0.5, 0.6) is 0 Å². The summed E-state index contributed by atoms with van der Waals surface area (Å²) in [7, 11) is 0. The zero-order valence-corrected chi connectivity index (χ0v) is 10.7. The molecule has 0 spiro atoms. The second kappa shape index (κ2) is 7.51. The molecule has 2 unspecified atom stereocenters. The van der Waals surface area contributed by atoms with Gasteiger partial charge in [0.2, 0.25) is 0 Å². The van der Waals surface area contributed by atoms with Crippen molar-refractivity contribution in [1.82, 2.24) is 0 Å². The first kappa shape index (κ1) is 13.3. The molecule has 88 valence electrons. The van der Waals surface area contributed by atoms with Crippen molar-refractivity contribution in [3.05, 3.63) is 0 Å². The third kappa shape index (κ3) is 5.21. The van der Waals surface area contributed by atoms with Gasteiger partial charge < -0.3 is 0 Å². The predicted octanol–water partition coefficient (Wildman–Crippen LogP) is 4.29. The maximum absolute atomic E-state index is 11.7. The molecule has 2 atom stereocenters. The Kier molecular flexibility index (Phi) is 6.67. The van der Waals surface area contributed by atoms with E-state index in [1.165, 1.54) is 32.1 Å². The largest absolute Gasteiger partial charge is 0.296 e. The summed E-state index contributed by atoms with van der Waals surface area (Å²) in [6.07, 6.45) is 9.98. The van der Waals surface area contributed by atoms with E-state index in [4.69, 9.17) is 23.2 Å². The van der Waals surface area contributed by atoms with Crippen LogP contribution in [0.15, 0.2) is 0 Å². The molecular formula is C12H20Cl2O. The molecule has 0 saturated heterocycles. The number of halogens is 2. The summed E-state index contributed by atoms with van der Waals surface area (Å²) in [4.78, 5) is 11.7. The van der Waals surface area contributed by atoms with Crippen LogP contribution in [0.3, 0.4) is 0 Å². The standard InChI is InChI=1S/C12H20Cl2O/c13-10-8-6-4-2-1-3-5-7-9-11(14)12(10)15/h10-11H,1-9H2. The highest BCUT2D eigenvalue weighted by molar-refractivity contribution is 6.40. The molecule has 1 saturated carbocycles. The van der Waals surface area contributed by atoms with Crippen LogP contribution in [-0.4, -0.2) is 16.5 Å². The van der Waals surface area contributed by atoms with Crippen LogP contribution in [0.2, 0.25) is 0 Å². The fourth-order valence-corrected chi connectivity index (χ4v) is 2.69. The number of hydrogen-bond acceptors (Lipinski definition) is 1. The van der Waals surface area contributed by atoms with E-state index in [9.17, 15) is 4.79 Å². The van der Waals surface area contributed by atoms with E-state index in [2.05, 4.69) is 0 Å². The van der Waals surface area contributed by atoms with Gasteiger partial charge in [-0.2, -0.15) is 0 Å². The lowest BCUT2D eigenvalue weighted by atomic mass is 10.00. The van der Waals surface area contributed by atoms with Crippen molar-refractivity contribution in [3.63, 3.8) is 0 Å². The van der Waals surface area contributed by atoms with Gasteiger partial charge in [-0.25, -0.2) is 0 Å². The topological polar surface area (TPSA) is 17.1 Å². The number of alkyl halides is 2. The Hall–Kier alpha value is 0.250. The Bertz CT molecular complexity index is 176. The van der Waals surface area contributed by atoms with Crippen molar-refractivity contribution in [1.29, 1.82) is 0 Å². The molecule has 0 amide bonds. The predicted molar refractivity (Wildman–Crippen MR) is 65.8 cm³/mol. The first-order chi connectivity index (χ1) is 7.22. The van der Waals surface area contributed by atoms with Crippen molar-refractivity contribution < 1.29 is 4.79 Å². The van der Waals surface area contributed by atoms with Gasteiger partial charge in [0.1, 0.15) is 0 Å². The molecule has 1 aliphatic rings. The summed E-state index contributed by atoms with van der Waals surface area (Å²) in [5, 5.41) is -0.709. The van der Waals surface area contributed by atoms with Crippen molar-refractivity contribution in [3.8, 4) is 0 Å². The minimum absolute atomic E-state index is 0.0407. The van der Waals surface area contributed by atoms with Crippen LogP contribution in [0, 0.1) is 0 Å². The Morgan fingerprint density at radius 2 is 1.07 bits per heavy atom. The van der Waals surface area contributed by atoms with Gasteiger partial charge in [-0.05, 0) is 12.8 Å². The van der Waals surface area contributed by atoms with Crippen molar-refractivity contribution >= 4 is 29.0 Å². The molecule has 0 aromatic heterocycles. The van der Waals surface area contributed by atoms with E-state index >= 15 is 0 Å². The average Bonchev–Trinajstić information content (AvgIpc) is 2.23. The molecular weight excluding hydrogens is 231 g/mol. The summed E-state index contributed by atoms with van der Waals surface area (Å²) >= 11 is 12.0. The first-order valence-corrected chi connectivity index (χ1v) is 6.91. The Morgan fingerprint density at radius 3 is 1.47 bits per heavy atom. The highest BCUT2D eigenvalue weighted by Crippen LogP contribution is 2.20. The lowest BCUT2D eigenvalue weighted by molar-refractivity contribution is -0.118. The van der Waals surface area contributed by atoms with Gasteiger partial charge in [0.15, 0.2) is 5.78 Å². The number of Topliss-reactive ketones (excluding diaryl/α,β-unsaturated/α-hetero) is 1. The monoisotopic (exact) mass is 250 g/mol. The Balaban J connectivity index is 2.40. The molecule has 0 radical (unpaired) electrons. The van der Waals surface area contributed by atoms with E-state index in [0.29, 0.717) is 0 Å². The van der Waals surface area contributed by atoms with Crippen LogP contribution in [0.1, 0.15) is 57.8 Å². The normalized spacial score (nSPS) is 31.7. The SMILES string of the molecule is O=C1C(Cl)CCCCCCCCCC1Cl. The molecule has 1 rings (SSSR count). The molecule has 0 aliphatic heterocycles. The molecule has 1 nitrogen and oxygen atoms in total. The smallest absolute Gasteiger partial charge is 0.168 e. The first-order valence-electron chi connectivity index (χ1n) is 6.03. The zero-order chi connectivity index (χ0) is 11.1. The van der Waals surface area contributed by atoms with Crippen LogP contribution in [-0.2, 0) is 4.79 Å². The van der Waals surface area contributed by atoms with Gasteiger partial charge in [-0.15, -0.1) is 23.2 Å². The average molecular weight is 251 g/mol. The minimum atomic E-state index is -0.355. The van der Waals surface area contributed by atoms with E-state index in [-0.39, 0.29) is 16.5 Å². The summed E-state index contributed by atoms with van der Waals surface area (Å²) in [5.74, 6) is 0.0407. The highest BCUT2D eigenvalue weighted by Gasteiger charge is 2.22. The Morgan fingerprint density at radius 1 is 0.733 bits per heavy atom. The third-order valence-electron chi connectivity index (χ3n) is 3.03. The number of ketones is 1. The van der Waals surface area contributed by atoms with Gasteiger partial charge in [0.05, 0.1) is 10.8 Å². The molecule has 3 heteroatoms. The molecule has 0 aromatic rings. The third-order valence-corrected chi connectivity index (χ3v) is 3.90. The summed E-state index contributed by atoms with van der Waals surface area (Å²) in [6.45, 7) is 0. The van der Waals surface area contributed by atoms with Crippen molar-refractivity contribution in [2.75, 3.05) is 0 Å². The zero-order valence-electron chi connectivity index (χ0n) is 9.18. The number of carbonyl (C=O) groups excluding carboxylic acids is 1. The molecule has 0 bridgehead atoms. The number of hydrogen-bond donors (Lipinski definition) is 0. The van der Waals surface area contributed by atoms with E-state index < -0.39 is 0 Å². The minimum Gasteiger partial charge on any atom is -0.296 e. The van der Waals surface area contributed by atoms with Crippen molar-refractivity contribution in [2.45, 2.75) is 68.5 Å².